The van der Waals surface area contributed by atoms with Crippen LogP contribution in [0.3, 0.4) is 0 Å². The summed E-state index contributed by atoms with van der Waals surface area (Å²) in [7, 11) is 0. The van der Waals surface area contributed by atoms with Gasteiger partial charge < -0.3 is 9.32 Å². The van der Waals surface area contributed by atoms with E-state index in [2.05, 4.69) is 0 Å². The monoisotopic (exact) mass is 778 g/mol. The molecule has 0 atom stereocenters. The normalized spacial score (nSPS) is 14.4. The van der Waals surface area contributed by atoms with Crippen LogP contribution in [0.5, 0.6) is 0 Å². The van der Waals surface area contributed by atoms with Crippen molar-refractivity contribution in [2.75, 3.05) is 4.90 Å². The first-order valence-electron chi connectivity index (χ1n) is 25.9. The lowest BCUT2D eigenvalue weighted by Gasteiger charge is -2.26. The highest BCUT2D eigenvalue weighted by atomic mass is 16.3. The van der Waals surface area contributed by atoms with Crippen LogP contribution in [0, 0.1) is 0 Å². The molecular formula is C58H39NO. The number of hydrogen-bond donors (Lipinski definition) is 0. The van der Waals surface area contributed by atoms with Gasteiger partial charge in [0.25, 0.3) is 0 Å². The van der Waals surface area contributed by atoms with Crippen molar-refractivity contribution in [3.63, 3.8) is 0 Å². The Morgan fingerprint density at radius 1 is 0.350 bits per heavy atom. The van der Waals surface area contributed by atoms with Crippen LogP contribution >= 0.6 is 0 Å². The van der Waals surface area contributed by atoms with E-state index >= 15 is 0 Å². The molecule has 0 saturated carbocycles. The van der Waals surface area contributed by atoms with Crippen LogP contribution in [-0.4, -0.2) is 0 Å². The quantitative estimate of drug-likeness (QED) is 0.153. The van der Waals surface area contributed by atoms with Gasteiger partial charge in [-0.15, -0.1) is 0 Å². The summed E-state index contributed by atoms with van der Waals surface area (Å²) in [4.78, 5) is 1.19. The van der Waals surface area contributed by atoms with Crippen LogP contribution in [0.2, 0.25) is 0 Å². The van der Waals surface area contributed by atoms with Crippen molar-refractivity contribution in [2.45, 2.75) is 0 Å². The van der Waals surface area contributed by atoms with Crippen molar-refractivity contribution in [1.82, 2.24) is 0 Å². The third-order valence-electron chi connectivity index (χ3n) is 10.7. The summed E-state index contributed by atoms with van der Waals surface area (Å²) in [6.07, 6.45) is 0. The molecular weight excluding hydrogens is 727 g/mol. The van der Waals surface area contributed by atoms with E-state index in [-0.39, 0.29) is 16.9 Å². The van der Waals surface area contributed by atoms with Gasteiger partial charge in [-0.3, -0.25) is 0 Å². The molecule has 0 spiro atoms. The first-order valence-corrected chi connectivity index (χ1v) is 19.4. The smallest absolute Gasteiger partial charge is 0.143 e. The Kier molecular flexibility index (Phi) is 6.06. The van der Waals surface area contributed by atoms with E-state index in [1.165, 1.54) is 4.90 Å². The maximum Gasteiger partial charge on any atom is 0.143 e. The molecule has 1 heterocycles. The van der Waals surface area contributed by atoms with Crippen molar-refractivity contribution >= 4 is 49.8 Å². The average molecular weight is 779 g/mol. The molecule has 0 amide bonds. The molecule has 0 fully saturated rings. The molecule has 11 aromatic rings. The lowest BCUT2D eigenvalue weighted by Crippen LogP contribution is -2.10. The molecule has 0 unspecified atom stereocenters. The van der Waals surface area contributed by atoms with Crippen molar-refractivity contribution < 1.29 is 22.2 Å². The number of benzene rings is 10. The Labute approximate surface area is 368 Å². The number of fused-ring (bicyclic) bond motifs is 5. The first kappa shape index (κ1) is 24.1. The zero-order valence-electron chi connectivity index (χ0n) is 44.9. The summed E-state index contributed by atoms with van der Waals surface area (Å²) in [6.45, 7) is 0. The van der Waals surface area contributed by atoms with E-state index in [1.54, 1.807) is 30.3 Å². The number of anilines is 3. The highest BCUT2D eigenvalue weighted by Gasteiger charge is 2.18. The molecule has 11 rings (SSSR count). The van der Waals surface area contributed by atoms with E-state index in [0.29, 0.717) is 27.9 Å². The predicted octanol–water partition coefficient (Wildman–Crippen LogP) is 16.5. The molecule has 282 valence electrons. The average Bonchev–Trinajstić information content (AvgIpc) is 3.82. The van der Waals surface area contributed by atoms with Crippen molar-refractivity contribution in [1.29, 1.82) is 0 Å². The van der Waals surface area contributed by atoms with E-state index < -0.39 is 95.4 Å². The fourth-order valence-electron chi connectivity index (χ4n) is 7.87. The Bertz CT molecular complexity index is 3990. The lowest BCUT2D eigenvalue weighted by molar-refractivity contribution is 0.673. The highest BCUT2D eigenvalue weighted by Crippen LogP contribution is 2.43. The number of rotatable bonds is 8. The van der Waals surface area contributed by atoms with E-state index in [1.807, 2.05) is 127 Å². The van der Waals surface area contributed by atoms with Crippen LogP contribution < -0.4 is 4.90 Å². The summed E-state index contributed by atoms with van der Waals surface area (Å²) in [6, 6.07) is 40.8. The summed E-state index contributed by atoms with van der Waals surface area (Å²) >= 11 is 0. The predicted molar refractivity (Wildman–Crippen MR) is 253 cm³/mol. The van der Waals surface area contributed by atoms with Crippen LogP contribution in [0.4, 0.5) is 17.1 Å². The minimum absolute atomic E-state index is 0.00249. The topological polar surface area (TPSA) is 16.4 Å². The van der Waals surface area contributed by atoms with Crippen LogP contribution in [-0.2, 0) is 0 Å². The van der Waals surface area contributed by atoms with Crippen LogP contribution in [0.15, 0.2) is 241 Å². The third-order valence-corrected chi connectivity index (χ3v) is 10.7. The van der Waals surface area contributed by atoms with Gasteiger partial charge >= 0.3 is 0 Å². The molecule has 1 aromatic heterocycles. The highest BCUT2D eigenvalue weighted by molar-refractivity contribution is 6.19. The fourth-order valence-corrected chi connectivity index (χ4v) is 7.87. The zero-order chi connectivity index (χ0) is 51.1. The van der Waals surface area contributed by atoms with Crippen molar-refractivity contribution in [3.05, 3.63) is 236 Å². The molecule has 10 aromatic carbocycles. The van der Waals surface area contributed by atoms with Gasteiger partial charge in [0.15, 0.2) is 0 Å². The van der Waals surface area contributed by atoms with Gasteiger partial charge in [0, 0.05) is 33.2 Å². The Morgan fingerprint density at radius 2 is 0.933 bits per heavy atom. The molecule has 0 aliphatic heterocycles. The largest absolute Gasteiger partial charge is 0.455 e. The number of furan rings is 1. The standard InChI is InChI=1S/C58H39NO/c1-3-13-40(14-4-1)42-25-27-45(28-26-42)51-20-9-10-21-52(51)46-31-36-49(37-32-46)59(48-34-29-43(30-35-48)41-15-5-2-6-16-41)50-19-11-18-47(39-50)53-23-12-24-56-57(53)55-38-33-44-17-7-8-22-54(44)58(55)60-56/h1-39H/i2D,5D,6D,15D,16D,29D,30D,31D,32D,34D,35D,36D,37D. The summed E-state index contributed by atoms with van der Waals surface area (Å²) in [5, 5.41) is 3.56. The SMILES string of the molecule is [2H]c1c([2H])c([2H])c(-c2c([2H])c([2H])c(N(c3cccc(-c4cccc5oc6c7ccccc7ccc6c45)c3)c3c([2H])c([2H])c(-c4ccccc4-c4ccc(-c5ccccc5)cc4)c([2H])c3[2H])c([2H])c2[2H])c([2H])c1[2H]. The maximum absolute atomic E-state index is 9.79. The fraction of sp³-hybridized carbons (Fsp3) is 0. The van der Waals surface area contributed by atoms with Gasteiger partial charge in [0.1, 0.15) is 11.2 Å². The minimum atomic E-state index is -0.753. The second-order valence-electron chi connectivity index (χ2n) is 14.3. The van der Waals surface area contributed by atoms with E-state index in [0.717, 1.165) is 43.8 Å². The van der Waals surface area contributed by atoms with Crippen LogP contribution in [0.25, 0.3) is 88.3 Å². The third kappa shape index (κ3) is 6.41. The van der Waals surface area contributed by atoms with Gasteiger partial charge in [-0.05, 0) is 109 Å². The molecule has 60 heavy (non-hydrogen) atoms. The van der Waals surface area contributed by atoms with Crippen molar-refractivity contribution in [2.24, 2.45) is 0 Å². The Morgan fingerprint density at radius 3 is 1.70 bits per heavy atom. The second kappa shape index (κ2) is 15.1. The molecule has 0 radical (unpaired) electrons. The molecule has 0 aliphatic carbocycles. The van der Waals surface area contributed by atoms with Gasteiger partial charge in [0.05, 0.1) is 17.8 Å². The molecule has 0 bridgehead atoms. The van der Waals surface area contributed by atoms with Gasteiger partial charge in [-0.1, -0.05) is 188 Å². The molecule has 0 N–H and O–H groups in total. The molecule has 2 nitrogen and oxygen atoms in total. The minimum Gasteiger partial charge on any atom is -0.455 e. The molecule has 0 aliphatic rings. The van der Waals surface area contributed by atoms with Gasteiger partial charge in [-0.25, -0.2) is 0 Å². The first-order chi connectivity index (χ1) is 35.2. The Balaban J connectivity index is 1.15. The summed E-state index contributed by atoms with van der Waals surface area (Å²) in [5.41, 5.74) is 4.72. The zero-order valence-corrected chi connectivity index (χ0v) is 31.9. The van der Waals surface area contributed by atoms with E-state index in [4.69, 9.17) is 11.3 Å². The maximum atomic E-state index is 9.79. The number of hydrogen-bond acceptors (Lipinski definition) is 2. The lowest BCUT2D eigenvalue weighted by atomic mass is 9.93. The van der Waals surface area contributed by atoms with Gasteiger partial charge in [-0.2, -0.15) is 0 Å². The molecule has 2 heteroatoms. The summed E-state index contributed by atoms with van der Waals surface area (Å²) < 4.78 is 126. The number of nitrogens with zero attached hydrogens (tertiary/aromatic N) is 1. The van der Waals surface area contributed by atoms with Crippen LogP contribution in [0.1, 0.15) is 17.8 Å². The summed E-state index contributed by atoms with van der Waals surface area (Å²) in [5.74, 6) is 0. The van der Waals surface area contributed by atoms with E-state index in [9.17, 15) is 11.0 Å². The molecule has 0 saturated heterocycles. The second-order valence-corrected chi connectivity index (χ2v) is 14.3. The van der Waals surface area contributed by atoms with Gasteiger partial charge in [0.2, 0.25) is 0 Å². The Hall–Kier alpha value is -7.94. The van der Waals surface area contributed by atoms with Crippen molar-refractivity contribution in [3.8, 4) is 55.6 Å².